The van der Waals surface area contributed by atoms with E-state index in [1.54, 1.807) is 7.11 Å². The lowest BCUT2D eigenvalue weighted by Gasteiger charge is -2.09. The van der Waals surface area contributed by atoms with E-state index in [0.29, 0.717) is 5.75 Å². The zero-order chi connectivity index (χ0) is 9.68. The summed E-state index contributed by atoms with van der Waals surface area (Å²) >= 11 is 5.46. The van der Waals surface area contributed by atoms with E-state index in [9.17, 15) is 0 Å². The molecule has 1 rings (SSSR count). The second kappa shape index (κ2) is 4.97. The molecule has 1 aromatic carbocycles. The van der Waals surface area contributed by atoms with Crippen molar-refractivity contribution in [3.8, 4) is 11.5 Å². The third-order valence-corrected chi connectivity index (χ3v) is 1.96. The lowest BCUT2D eigenvalue weighted by Crippen LogP contribution is -1.94. The topological polar surface area (TPSA) is 18.5 Å². The molecule has 13 heavy (non-hydrogen) atoms. The van der Waals surface area contributed by atoms with E-state index in [1.807, 2.05) is 18.2 Å². The average molecular weight is 201 g/mol. The molecule has 0 atom stereocenters. The Morgan fingerprint density at radius 3 is 2.62 bits per heavy atom. The Kier molecular flexibility index (Phi) is 3.90. The molecule has 1 aromatic rings. The summed E-state index contributed by atoms with van der Waals surface area (Å²) in [6.45, 7) is 2.09. The van der Waals surface area contributed by atoms with Crippen molar-refractivity contribution in [2.45, 2.75) is 13.3 Å². The molecule has 0 amide bonds. The van der Waals surface area contributed by atoms with E-state index in [1.165, 1.54) is 5.56 Å². The quantitative estimate of drug-likeness (QED) is 0.696. The van der Waals surface area contributed by atoms with Gasteiger partial charge < -0.3 is 9.47 Å². The molecular weight excluding hydrogens is 188 g/mol. The minimum atomic E-state index is 0.141. The standard InChI is InChI=1S/C10H13ClO2/c1-3-8-4-5-9(13-7-11)10(6-8)12-2/h4-6H,3,7H2,1-2H3. The first-order valence-corrected chi connectivity index (χ1v) is 4.71. The molecule has 0 aliphatic heterocycles. The normalized spacial score (nSPS) is 9.77. The van der Waals surface area contributed by atoms with Gasteiger partial charge in [0, 0.05) is 0 Å². The van der Waals surface area contributed by atoms with Crippen LogP contribution in [0.25, 0.3) is 0 Å². The Morgan fingerprint density at radius 2 is 2.08 bits per heavy atom. The maximum Gasteiger partial charge on any atom is 0.163 e. The fourth-order valence-electron chi connectivity index (χ4n) is 1.11. The fraction of sp³-hybridized carbons (Fsp3) is 0.400. The van der Waals surface area contributed by atoms with Crippen LogP contribution in [0.1, 0.15) is 12.5 Å². The summed E-state index contributed by atoms with van der Waals surface area (Å²) in [5.74, 6) is 1.43. The van der Waals surface area contributed by atoms with Gasteiger partial charge in [0.1, 0.15) is 0 Å². The number of ether oxygens (including phenoxy) is 2. The van der Waals surface area contributed by atoms with Crippen LogP contribution < -0.4 is 9.47 Å². The first kappa shape index (κ1) is 10.2. The van der Waals surface area contributed by atoms with Crippen molar-refractivity contribution in [1.29, 1.82) is 0 Å². The first-order chi connectivity index (χ1) is 6.31. The van der Waals surface area contributed by atoms with E-state index in [0.717, 1.165) is 12.2 Å². The van der Waals surface area contributed by atoms with Crippen molar-refractivity contribution >= 4 is 11.6 Å². The highest BCUT2D eigenvalue weighted by atomic mass is 35.5. The Hall–Kier alpha value is -0.890. The van der Waals surface area contributed by atoms with Crippen LogP contribution in [-0.4, -0.2) is 13.2 Å². The average Bonchev–Trinajstić information content (AvgIpc) is 2.19. The fourth-order valence-corrected chi connectivity index (χ4v) is 1.23. The first-order valence-electron chi connectivity index (χ1n) is 4.17. The number of halogens is 1. The highest BCUT2D eigenvalue weighted by Crippen LogP contribution is 2.28. The zero-order valence-corrected chi connectivity index (χ0v) is 8.60. The van der Waals surface area contributed by atoms with Crippen molar-refractivity contribution < 1.29 is 9.47 Å². The minimum Gasteiger partial charge on any atom is -0.493 e. The van der Waals surface area contributed by atoms with Crippen LogP contribution in [0.4, 0.5) is 0 Å². The highest BCUT2D eigenvalue weighted by molar-refractivity contribution is 6.17. The van der Waals surface area contributed by atoms with Crippen molar-refractivity contribution in [3.05, 3.63) is 23.8 Å². The molecular formula is C10H13ClO2. The number of hydrogen-bond acceptors (Lipinski definition) is 2. The summed E-state index contributed by atoms with van der Waals surface area (Å²) in [5, 5.41) is 0. The summed E-state index contributed by atoms with van der Waals surface area (Å²) in [4.78, 5) is 0. The van der Waals surface area contributed by atoms with Crippen molar-refractivity contribution in [2.75, 3.05) is 13.2 Å². The van der Waals surface area contributed by atoms with Crippen molar-refractivity contribution in [3.63, 3.8) is 0 Å². The Balaban J connectivity index is 2.93. The molecule has 72 valence electrons. The summed E-state index contributed by atoms with van der Waals surface area (Å²) in [5.41, 5.74) is 1.22. The van der Waals surface area contributed by atoms with E-state index in [-0.39, 0.29) is 6.07 Å². The molecule has 0 N–H and O–H groups in total. The lowest BCUT2D eigenvalue weighted by molar-refractivity contribution is 0.341. The molecule has 0 unspecified atom stereocenters. The smallest absolute Gasteiger partial charge is 0.163 e. The maximum absolute atomic E-state index is 5.46. The molecule has 0 aliphatic carbocycles. The van der Waals surface area contributed by atoms with Gasteiger partial charge in [-0.15, -0.1) is 0 Å². The van der Waals surface area contributed by atoms with Gasteiger partial charge in [0.25, 0.3) is 0 Å². The van der Waals surface area contributed by atoms with E-state index < -0.39 is 0 Å². The molecule has 0 bridgehead atoms. The Morgan fingerprint density at radius 1 is 1.31 bits per heavy atom. The predicted octanol–water partition coefficient (Wildman–Crippen LogP) is 2.83. The van der Waals surface area contributed by atoms with Crippen LogP contribution in [0.5, 0.6) is 11.5 Å². The lowest BCUT2D eigenvalue weighted by atomic mass is 10.1. The highest BCUT2D eigenvalue weighted by Gasteiger charge is 2.03. The van der Waals surface area contributed by atoms with Crippen LogP contribution >= 0.6 is 11.6 Å². The Bertz CT molecular complexity index is 274. The van der Waals surface area contributed by atoms with Crippen LogP contribution in [0, 0.1) is 0 Å². The van der Waals surface area contributed by atoms with Crippen molar-refractivity contribution in [1.82, 2.24) is 0 Å². The largest absolute Gasteiger partial charge is 0.493 e. The van der Waals surface area contributed by atoms with Gasteiger partial charge in [-0.3, -0.25) is 0 Å². The second-order valence-electron chi connectivity index (χ2n) is 2.59. The number of methoxy groups -OCH3 is 1. The third kappa shape index (κ3) is 2.52. The molecule has 3 heteroatoms. The Labute approximate surface area is 83.4 Å². The third-order valence-electron chi connectivity index (χ3n) is 1.85. The molecule has 0 radical (unpaired) electrons. The summed E-state index contributed by atoms with van der Waals surface area (Å²) in [6.07, 6.45) is 0.984. The van der Waals surface area contributed by atoms with E-state index >= 15 is 0 Å². The van der Waals surface area contributed by atoms with Gasteiger partial charge in [-0.2, -0.15) is 0 Å². The van der Waals surface area contributed by atoms with Gasteiger partial charge >= 0.3 is 0 Å². The molecule has 0 fully saturated rings. The summed E-state index contributed by atoms with van der Waals surface area (Å²) < 4.78 is 10.3. The van der Waals surface area contributed by atoms with Crippen LogP contribution in [0.2, 0.25) is 0 Å². The van der Waals surface area contributed by atoms with E-state index in [4.69, 9.17) is 21.1 Å². The van der Waals surface area contributed by atoms with Gasteiger partial charge in [0.05, 0.1) is 7.11 Å². The van der Waals surface area contributed by atoms with Gasteiger partial charge in [-0.25, -0.2) is 0 Å². The summed E-state index contributed by atoms with van der Waals surface area (Å²) in [6, 6.07) is 5.98. The SMILES string of the molecule is CCc1ccc(OCCl)c(OC)c1. The molecule has 0 saturated heterocycles. The molecule has 0 heterocycles. The number of rotatable bonds is 4. The molecule has 0 spiro atoms. The maximum atomic E-state index is 5.46. The van der Waals surface area contributed by atoms with E-state index in [2.05, 4.69) is 6.92 Å². The second-order valence-corrected chi connectivity index (χ2v) is 2.81. The number of alkyl halides is 1. The van der Waals surface area contributed by atoms with Crippen LogP contribution in [0.15, 0.2) is 18.2 Å². The monoisotopic (exact) mass is 200 g/mol. The number of benzene rings is 1. The number of hydrogen-bond donors (Lipinski definition) is 0. The van der Waals surface area contributed by atoms with Gasteiger partial charge in [0.15, 0.2) is 17.6 Å². The minimum absolute atomic E-state index is 0.141. The van der Waals surface area contributed by atoms with Crippen molar-refractivity contribution in [2.24, 2.45) is 0 Å². The summed E-state index contributed by atoms with van der Waals surface area (Å²) in [7, 11) is 1.62. The molecule has 2 nitrogen and oxygen atoms in total. The molecule has 0 aromatic heterocycles. The van der Waals surface area contributed by atoms with Gasteiger partial charge in [-0.1, -0.05) is 24.6 Å². The molecule has 0 aliphatic rings. The van der Waals surface area contributed by atoms with Gasteiger partial charge in [0.2, 0.25) is 0 Å². The zero-order valence-electron chi connectivity index (χ0n) is 7.84. The predicted molar refractivity (Wildman–Crippen MR) is 53.7 cm³/mol. The van der Waals surface area contributed by atoms with Crippen LogP contribution in [-0.2, 0) is 6.42 Å². The van der Waals surface area contributed by atoms with Crippen LogP contribution in [0.3, 0.4) is 0 Å². The molecule has 0 saturated carbocycles. The number of aryl methyl sites for hydroxylation is 1. The van der Waals surface area contributed by atoms with Gasteiger partial charge in [-0.05, 0) is 24.1 Å².